The Hall–Kier alpha value is -2.35. The summed E-state index contributed by atoms with van der Waals surface area (Å²) in [5, 5.41) is 19.9. The van der Waals surface area contributed by atoms with Crippen molar-refractivity contribution in [3.05, 3.63) is 39.7 Å². The van der Waals surface area contributed by atoms with Gasteiger partial charge in [0.1, 0.15) is 0 Å². The summed E-state index contributed by atoms with van der Waals surface area (Å²) in [4.78, 5) is 35.2. The fourth-order valence-electron chi connectivity index (χ4n) is 2.77. The fourth-order valence-corrected chi connectivity index (χ4v) is 2.77. The average Bonchev–Trinajstić information content (AvgIpc) is 2.53. The molecule has 23 heavy (non-hydrogen) atoms. The molecule has 0 radical (unpaired) electrons. The average molecular weight is 324 g/mol. The van der Waals surface area contributed by atoms with Gasteiger partial charge in [-0.15, -0.1) is 0 Å². The smallest absolute Gasteiger partial charge is 0.307 e. The van der Waals surface area contributed by atoms with Crippen LogP contribution in [0.5, 0.6) is 0 Å². The summed E-state index contributed by atoms with van der Waals surface area (Å²) < 4.78 is 13.4. The van der Waals surface area contributed by atoms with Crippen LogP contribution < -0.4 is 0 Å². The van der Waals surface area contributed by atoms with Crippen LogP contribution in [-0.4, -0.2) is 45.8 Å². The zero-order valence-electron chi connectivity index (χ0n) is 12.6. The Labute approximate surface area is 131 Å². The lowest BCUT2D eigenvalue weighted by molar-refractivity contribution is -0.387. The zero-order chi connectivity index (χ0) is 17.1. The normalized spacial score (nSPS) is 20.0. The Morgan fingerprint density at radius 1 is 1.48 bits per heavy atom. The van der Waals surface area contributed by atoms with Crippen LogP contribution >= 0.6 is 0 Å². The number of hydrogen-bond acceptors (Lipinski definition) is 5. The van der Waals surface area contributed by atoms with Crippen molar-refractivity contribution < 1.29 is 24.0 Å². The second-order valence-corrected chi connectivity index (χ2v) is 5.64. The van der Waals surface area contributed by atoms with E-state index in [2.05, 4.69) is 0 Å². The number of rotatable bonds is 5. The van der Waals surface area contributed by atoms with Gasteiger partial charge in [0.05, 0.1) is 16.9 Å². The van der Waals surface area contributed by atoms with Crippen molar-refractivity contribution >= 4 is 17.4 Å². The number of hydrogen-bond donors (Lipinski definition) is 1. The molecular formula is C15H17FN2O5. The number of carboxylic acid groups (broad SMARTS) is 1. The first-order valence-electron chi connectivity index (χ1n) is 7.26. The first kappa shape index (κ1) is 17.0. The molecule has 0 bridgehead atoms. The minimum Gasteiger partial charge on any atom is -0.481 e. The van der Waals surface area contributed by atoms with Crippen molar-refractivity contribution in [1.82, 2.24) is 4.90 Å². The van der Waals surface area contributed by atoms with Gasteiger partial charge >= 0.3 is 11.7 Å². The molecule has 1 heterocycles. The van der Waals surface area contributed by atoms with E-state index in [1.807, 2.05) is 0 Å². The Bertz CT molecular complexity index is 649. The predicted molar refractivity (Wildman–Crippen MR) is 78.8 cm³/mol. The molecule has 0 aliphatic carbocycles. The predicted octanol–water partition coefficient (Wildman–Crippen LogP) is 2.10. The number of carbonyl (C=O) groups is 2. The molecule has 0 saturated carbocycles. The van der Waals surface area contributed by atoms with Crippen molar-refractivity contribution in [2.45, 2.75) is 25.8 Å². The lowest BCUT2D eigenvalue weighted by atomic mass is 9.95. The second-order valence-electron chi connectivity index (χ2n) is 5.64. The van der Waals surface area contributed by atoms with Gasteiger partial charge < -0.3 is 5.11 Å². The molecule has 2 atom stereocenters. The highest BCUT2D eigenvalue weighted by atomic mass is 19.1. The van der Waals surface area contributed by atoms with E-state index >= 15 is 0 Å². The lowest BCUT2D eigenvalue weighted by Gasteiger charge is -2.34. The Morgan fingerprint density at radius 2 is 2.17 bits per heavy atom. The van der Waals surface area contributed by atoms with Crippen LogP contribution in [0.4, 0.5) is 10.1 Å². The largest absolute Gasteiger partial charge is 0.481 e. The van der Waals surface area contributed by atoms with Crippen molar-refractivity contribution in [2.24, 2.45) is 5.92 Å². The number of ketones is 1. The summed E-state index contributed by atoms with van der Waals surface area (Å²) in [7, 11) is 0. The number of nitrogens with zero attached hydrogens (tertiary/aromatic N) is 2. The monoisotopic (exact) mass is 324 g/mol. The van der Waals surface area contributed by atoms with Gasteiger partial charge in [-0.1, -0.05) is 0 Å². The van der Waals surface area contributed by atoms with Crippen LogP contribution in [0.1, 0.15) is 30.1 Å². The second kappa shape index (κ2) is 6.82. The molecule has 1 aliphatic heterocycles. The molecule has 0 aromatic heterocycles. The molecule has 1 saturated heterocycles. The van der Waals surface area contributed by atoms with Crippen molar-refractivity contribution in [3.63, 3.8) is 0 Å². The van der Waals surface area contributed by atoms with Gasteiger partial charge in [-0.2, -0.15) is 4.39 Å². The standard InChI is InChI=1S/C15H17FN2O5/c1-9(17-6-2-3-11(8-17)15(20)21)14(19)10-4-5-12(16)13(7-10)18(22)23/h4-5,7,9,11H,2-3,6,8H2,1H3,(H,20,21). The van der Waals surface area contributed by atoms with Gasteiger partial charge in [-0.05, 0) is 38.4 Å². The number of halogens is 1. The van der Waals surface area contributed by atoms with E-state index in [0.717, 1.165) is 12.1 Å². The quantitative estimate of drug-likeness (QED) is 0.506. The van der Waals surface area contributed by atoms with E-state index in [1.54, 1.807) is 11.8 Å². The molecule has 1 aromatic rings. The van der Waals surface area contributed by atoms with Crippen LogP contribution in [0, 0.1) is 21.8 Å². The van der Waals surface area contributed by atoms with E-state index in [-0.39, 0.29) is 17.9 Å². The highest BCUT2D eigenvalue weighted by Crippen LogP contribution is 2.23. The number of nitro benzene ring substituents is 1. The maximum absolute atomic E-state index is 13.4. The van der Waals surface area contributed by atoms with E-state index in [1.165, 1.54) is 6.07 Å². The summed E-state index contributed by atoms with van der Waals surface area (Å²) >= 11 is 0. The van der Waals surface area contributed by atoms with Gasteiger partial charge in [-0.25, -0.2) is 0 Å². The Balaban J connectivity index is 2.18. The minimum absolute atomic E-state index is 0.0445. The minimum atomic E-state index is -0.997. The Morgan fingerprint density at radius 3 is 2.78 bits per heavy atom. The fraction of sp³-hybridized carbons (Fsp3) is 0.467. The number of carbonyl (C=O) groups excluding carboxylic acids is 1. The van der Waals surface area contributed by atoms with Crippen LogP contribution in [0.3, 0.4) is 0 Å². The number of nitro groups is 1. The number of carboxylic acids is 1. The summed E-state index contributed by atoms with van der Waals surface area (Å²) in [6, 6.07) is 2.41. The van der Waals surface area contributed by atoms with Crippen LogP contribution in [-0.2, 0) is 4.79 Å². The van der Waals surface area contributed by atoms with E-state index in [4.69, 9.17) is 5.11 Å². The molecule has 2 unspecified atom stereocenters. The van der Waals surface area contributed by atoms with Gasteiger partial charge in [0.15, 0.2) is 5.78 Å². The van der Waals surface area contributed by atoms with E-state index in [9.17, 15) is 24.1 Å². The molecule has 1 aliphatic rings. The molecule has 1 aromatic carbocycles. The van der Waals surface area contributed by atoms with Crippen molar-refractivity contribution in [1.29, 1.82) is 0 Å². The summed E-state index contributed by atoms with van der Waals surface area (Å²) in [6.07, 6.45) is 1.23. The zero-order valence-corrected chi connectivity index (χ0v) is 12.6. The van der Waals surface area contributed by atoms with Gasteiger partial charge in [0.2, 0.25) is 5.82 Å². The SMILES string of the molecule is CC(C(=O)c1ccc(F)c([N+](=O)[O-])c1)N1CCCC(C(=O)O)C1. The van der Waals surface area contributed by atoms with Gasteiger partial charge in [-0.3, -0.25) is 24.6 Å². The van der Waals surface area contributed by atoms with E-state index in [0.29, 0.717) is 19.4 Å². The number of benzene rings is 1. The number of Topliss-reactive ketones (excluding diaryl/α,β-unsaturated/α-hetero) is 1. The molecule has 1 N–H and O–H groups in total. The van der Waals surface area contributed by atoms with Crippen LogP contribution in [0.15, 0.2) is 18.2 Å². The third kappa shape index (κ3) is 3.70. The number of aliphatic carboxylic acids is 1. The first-order chi connectivity index (χ1) is 10.8. The van der Waals surface area contributed by atoms with Crippen molar-refractivity contribution in [3.8, 4) is 0 Å². The maximum atomic E-state index is 13.4. The number of likely N-dealkylation sites (tertiary alicyclic amines) is 1. The highest BCUT2D eigenvalue weighted by Gasteiger charge is 2.31. The summed E-state index contributed by atoms with van der Waals surface area (Å²) in [6.45, 7) is 2.47. The van der Waals surface area contributed by atoms with Crippen LogP contribution in [0.2, 0.25) is 0 Å². The Kier molecular flexibility index (Phi) is 5.05. The number of piperidine rings is 1. The molecular weight excluding hydrogens is 307 g/mol. The molecule has 7 nitrogen and oxygen atoms in total. The molecule has 0 amide bonds. The molecule has 0 spiro atoms. The van der Waals surface area contributed by atoms with Crippen LogP contribution in [0.25, 0.3) is 0 Å². The first-order valence-corrected chi connectivity index (χ1v) is 7.26. The maximum Gasteiger partial charge on any atom is 0.307 e. The molecule has 124 valence electrons. The van der Waals surface area contributed by atoms with Gasteiger partial charge in [0.25, 0.3) is 0 Å². The summed E-state index contributed by atoms with van der Waals surface area (Å²) in [5.74, 6) is -2.81. The topological polar surface area (TPSA) is 101 Å². The highest BCUT2D eigenvalue weighted by molar-refractivity contribution is 6.00. The third-order valence-electron chi connectivity index (χ3n) is 4.16. The molecule has 8 heteroatoms. The molecule has 1 fully saturated rings. The van der Waals surface area contributed by atoms with Gasteiger partial charge in [0, 0.05) is 18.2 Å². The van der Waals surface area contributed by atoms with Crippen molar-refractivity contribution in [2.75, 3.05) is 13.1 Å². The summed E-state index contributed by atoms with van der Waals surface area (Å²) in [5.41, 5.74) is -0.701. The third-order valence-corrected chi connectivity index (χ3v) is 4.16. The lowest BCUT2D eigenvalue weighted by Crippen LogP contribution is -2.46. The van der Waals surface area contributed by atoms with E-state index < -0.39 is 34.4 Å². The molecule has 2 rings (SSSR count).